The van der Waals surface area contributed by atoms with E-state index in [1.54, 1.807) is 4.98 Å². The second-order valence-corrected chi connectivity index (χ2v) is 4.40. The number of carbonyl (C=O) groups is 1. The second kappa shape index (κ2) is 5.37. The zero-order valence-electron chi connectivity index (χ0n) is 10.2. The van der Waals surface area contributed by atoms with E-state index in [2.05, 4.69) is 0 Å². The lowest BCUT2D eigenvalue weighted by Crippen LogP contribution is -2.59. The maximum absolute atomic E-state index is 13.2. The Morgan fingerprint density at radius 3 is 2.43 bits per heavy atom. The van der Waals surface area contributed by atoms with Gasteiger partial charge in [0.1, 0.15) is 18.3 Å². The molecular formula is C10H11FN2O8. The Hall–Kier alpha value is -2.08. The van der Waals surface area contributed by atoms with E-state index < -0.39 is 53.7 Å². The van der Waals surface area contributed by atoms with Crippen LogP contribution in [0.2, 0.25) is 0 Å². The molecule has 5 N–H and O–H groups in total. The highest BCUT2D eigenvalue weighted by molar-refractivity contribution is 5.73. The van der Waals surface area contributed by atoms with Gasteiger partial charge in [-0.25, -0.2) is 9.59 Å². The maximum atomic E-state index is 13.2. The standard InChI is InChI=1S/C10H11FN2O8/c11-2-1-13(10(20)12-7(2)17)8-5(16)3(14)4(15)6(21-8)9(18)19/h1,3-6,8,14-16H,(H,18,19)(H,12,17,20)/t3-,4-,5+,6-,8+/m0/s1/i10+1,12+1,13+1. The summed E-state index contributed by atoms with van der Waals surface area (Å²) in [5.74, 6) is -3.03. The number of aliphatic hydroxyl groups excluding tert-OH is 3. The van der Waals surface area contributed by atoms with Gasteiger partial charge in [0.25, 0.3) is 5.56 Å². The number of halogens is 1. The van der Waals surface area contributed by atoms with E-state index in [0.717, 1.165) is 0 Å². The molecule has 0 bridgehead atoms. The summed E-state index contributed by atoms with van der Waals surface area (Å²) in [7, 11) is 0. The van der Waals surface area contributed by atoms with E-state index >= 15 is 0 Å². The van der Waals surface area contributed by atoms with Gasteiger partial charge in [-0.05, 0) is 0 Å². The first-order chi connectivity index (χ1) is 9.73. The molecule has 0 aromatic carbocycles. The van der Waals surface area contributed by atoms with Gasteiger partial charge in [0.2, 0.25) is 5.82 Å². The van der Waals surface area contributed by atoms with Crippen molar-refractivity contribution >= 4 is 5.97 Å². The highest BCUT2D eigenvalue weighted by Crippen LogP contribution is 2.27. The minimum Gasteiger partial charge on any atom is -0.479 e. The maximum Gasteiger partial charge on any atom is 0.335 e. The van der Waals surface area contributed by atoms with Crippen LogP contribution >= 0.6 is 0 Å². The molecule has 1 aromatic rings. The van der Waals surface area contributed by atoms with Crippen LogP contribution in [0.4, 0.5) is 4.39 Å². The molecule has 0 saturated carbocycles. The van der Waals surface area contributed by atoms with E-state index in [9.17, 15) is 34.1 Å². The SMILES string of the molecule is O=C(O)[C@H]1O[C@@H]([15n]2cc(F)c(=O)[15nH][13c]2=O)[C@H](O)[C@@H](O)[C@@H]1O. The highest BCUT2D eigenvalue weighted by atomic mass is 19.1. The zero-order valence-corrected chi connectivity index (χ0v) is 10.2. The summed E-state index contributed by atoms with van der Waals surface area (Å²) in [6.45, 7) is 0. The minimum absolute atomic E-state index is 0.381. The highest BCUT2D eigenvalue weighted by Gasteiger charge is 2.48. The van der Waals surface area contributed by atoms with Crippen molar-refractivity contribution < 1.29 is 34.3 Å². The van der Waals surface area contributed by atoms with Gasteiger partial charge in [-0.3, -0.25) is 14.3 Å². The smallest absolute Gasteiger partial charge is 0.335 e. The van der Waals surface area contributed by atoms with Crippen molar-refractivity contribution in [1.82, 2.24) is 9.55 Å². The first kappa shape index (κ1) is 15.3. The predicted octanol–water partition coefficient (Wildman–Crippen LogP) is -3.26. The van der Waals surface area contributed by atoms with E-state index in [4.69, 9.17) is 9.84 Å². The number of carboxylic acid groups (broad SMARTS) is 1. The largest absolute Gasteiger partial charge is 0.479 e. The molecule has 116 valence electrons. The fourth-order valence-electron chi connectivity index (χ4n) is 1.95. The third kappa shape index (κ3) is 2.58. The van der Waals surface area contributed by atoms with Crippen molar-refractivity contribution in [2.75, 3.05) is 0 Å². The molecule has 21 heavy (non-hydrogen) atoms. The lowest BCUT2D eigenvalue weighted by atomic mass is 9.99. The Kier molecular flexibility index (Phi) is 3.91. The number of nitrogens with zero attached hydrogens (tertiary/aromatic N) is 1. The van der Waals surface area contributed by atoms with Crippen LogP contribution in [0, 0.1) is 5.82 Å². The van der Waals surface area contributed by atoms with Gasteiger partial charge in [0, 0.05) is 0 Å². The number of ether oxygens (including phenoxy) is 1. The Morgan fingerprint density at radius 1 is 1.24 bits per heavy atom. The van der Waals surface area contributed by atoms with Crippen LogP contribution in [0.25, 0.3) is 0 Å². The van der Waals surface area contributed by atoms with Crippen LogP contribution in [0.3, 0.4) is 0 Å². The van der Waals surface area contributed by atoms with Crippen LogP contribution in [-0.4, -0.2) is 60.4 Å². The molecule has 0 unspecified atom stereocenters. The number of aromatic nitrogens is 2. The van der Waals surface area contributed by atoms with Crippen molar-refractivity contribution in [3.63, 3.8) is 0 Å². The molecule has 2 rings (SSSR count). The summed E-state index contributed by atoms with van der Waals surface area (Å²) in [5.41, 5.74) is -2.49. The molecule has 0 aliphatic carbocycles. The van der Waals surface area contributed by atoms with Crippen molar-refractivity contribution in [1.29, 1.82) is 0 Å². The van der Waals surface area contributed by atoms with Crippen molar-refractivity contribution in [3.05, 3.63) is 32.9 Å². The Bertz CT molecular complexity index is 670. The molecule has 1 saturated heterocycles. The molecule has 10 nitrogen and oxygen atoms in total. The normalized spacial score (nSPS) is 32.9. The topological polar surface area (TPSA) is 162 Å². The summed E-state index contributed by atoms with van der Waals surface area (Å²) < 4.78 is 18.4. The molecule has 1 aliphatic rings. The number of nitrogens with one attached hydrogen (secondary N) is 1. The van der Waals surface area contributed by atoms with Crippen molar-refractivity contribution in [3.8, 4) is 0 Å². The summed E-state index contributed by atoms with van der Waals surface area (Å²) >= 11 is 0. The molecule has 0 spiro atoms. The molecule has 1 aliphatic heterocycles. The molecule has 2 heterocycles. The number of carboxylic acids is 1. The predicted molar refractivity (Wildman–Crippen MR) is 60.8 cm³/mol. The van der Waals surface area contributed by atoms with E-state index in [1.165, 1.54) is 0 Å². The number of hydrogen-bond acceptors (Lipinski definition) is 7. The number of aliphatic hydroxyl groups is 3. The number of hydrogen-bond donors (Lipinski definition) is 5. The van der Waals surface area contributed by atoms with E-state index in [0.29, 0.717) is 10.8 Å². The molecule has 11 heteroatoms. The zero-order chi connectivity index (χ0) is 15.9. The monoisotopic (exact) mass is 309 g/mol. The molecule has 0 radical (unpaired) electrons. The fraction of sp³-hybridized carbons (Fsp3) is 0.500. The van der Waals surface area contributed by atoms with Crippen LogP contribution in [0.1, 0.15) is 6.23 Å². The third-order valence-corrected chi connectivity index (χ3v) is 3.03. The lowest BCUT2D eigenvalue weighted by molar-refractivity contribution is -0.247. The van der Waals surface area contributed by atoms with Crippen LogP contribution < -0.4 is 11.2 Å². The van der Waals surface area contributed by atoms with Gasteiger partial charge in [0.05, 0.1) is 6.20 Å². The average Bonchev–Trinajstić information content (AvgIpc) is 2.41. The third-order valence-electron chi connectivity index (χ3n) is 3.03. The van der Waals surface area contributed by atoms with E-state index in [-0.39, 0.29) is 0 Å². The second-order valence-electron chi connectivity index (χ2n) is 4.40. The summed E-state index contributed by atoms with van der Waals surface area (Å²) in [6.07, 6.45) is -9.17. The summed E-state index contributed by atoms with van der Waals surface area (Å²) in [4.78, 5) is 35.0. The van der Waals surface area contributed by atoms with Gasteiger partial charge < -0.3 is 25.2 Å². The van der Waals surface area contributed by atoms with E-state index in [1.807, 2.05) is 0 Å². The Labute approximate surface area is 114 Å². The van der Waals surface area contributed by atoms with Gasteiger partial charge in [-0.15, -0.1) is 0 Å². The quantitative estimate of drug-likeness (QED) is 0.380. The Balaban J connectivity index is 2.47. The fourth-order valence-corrected chi connectivity index (χ4v) is 1.95. The van der Waals surface area contributed by atoms with Crippen LogP contribution in [0.5, 0.6) is 0 Å². The molecule has 1 fully saturated rings. The molecule has 0 amide bonds. The van der Waals surface area contributed by atoms with Crippen LogP contribution in [0.15, 0.2) is 15.8 Å². The van der Waals surface area contributed by atoms with Gasteiger partial charge >= 0.3 is 11.7 Å². The summed E-state index contributed by atoms with van der Waals surface area (Å²) in [5, 5.41) is 37.7. The first-order valence-corrected chi connectivity index (χ1v) is 5.67. The average molecular weight is 309 g/mol. The van der Waals surface area contributed by atoms with Crippen molar-refractivity contribution in [2.45, 2.75) is 30.6 Å². The first-order valence-electron chi connectivity index (χ1n) is 5.67. The Morgan fingerprint density at radius 2 is 1.86 bits per heavy atom. The lowest BCUT2D eigenvalue weighted by Gasteiger charge is -2.39. The number of H-pyrrole nitrogens is 1. The molecule has 1 aromatic heterocycles. The number of aromatic amines is 1. The summed E-state index contributed by atoms with van der Waals surface area (Å²) in [6, 6.07) is 0. The number of rotatable bonds is 2. The van der Waals surface area contributed by atoms with Gasteiger partial charge in [-0.2, -0.15) is 4.39 Å². The van der Waals surface area contributed by atoms with Crippen LogP contribution in [-0.2, 0) is 9.53 Å². The van der Waals surface area contributed by atoms with Gasteiger partial charge in [-0.1, -0.05) is 0 Å². The minimum atomic E-state index is -1.95. The molecule has 5 atom stereocenters. The number of aliphatic carboxylic acids is 1. The molecular weight excluding hydrogens is 298 g/mol. The van der Waals surface area contributed by atoms with Gasteiger partial charge in [0.15, 0.2) is 12.3 Å². The van der Waals surface area contributed by atoms with Crippen molar-refractivity contribution in [2.24, 2.45) is 0 Å².